The van der Waals surface area contributed by atoms with Crippen molar-refractivity contribution < 1.29 is 9.47 Å². The predicted octanol–water partition coefficient (Wildman–Crippen LogP) is 1.43. The van der Waals surface area contributed by atoms with E-state index in [1.54, 1.807) is 7.11 Å². The molecular formula is C13H25N3O2. The number of methoxy groups -OCH3 is 1. The lowest BCUT2D eigenvalue weighted by Crippen LogP contribution is -2.30. The molecule has 0 spiro atoms. The summed E-state index contributed by atoms with van der Waals surface area (Å²) in [7, 11) is 3.66. The topological polar surface area (TPSA) is 48.3 Å². The summed E-state index contributed by atoms with van der Waals surface area (Å²) < 4.78 is 12.8. The number of rotatable bonds is 8. The molecule has 5 heteroatoms. The van der Waals surface area contributed by atoms with Gasteiger partial charge in [0.25, 0.3) is 0 Å². The zero-order valence-electron chi connectivity index (χ0n) is 12.1. The molecule has 1 aromatic rings. The smallest absolute Gasteiger partial charge is 0.163 e. The Balaban J connectivity index is 2.33. The highest BCUT2D eigenvalue weighted by atomic mass is 16.5. The lowest BCUT2D eigenvalue weighted by molar-refractivity contribution is 0.188. The third kappa shape index (κ3) is 4.31. The minimum atomic E-state index is 0.133. The normalized spacial score (nSPS) is 12.7. The summed E-state index contributed by atoms with van der Waals surface area (Å²) >= 11 is 0. The summed E-state index contributed by atoms with van der Waals surface area (Å²) in [6.07, 6.45) is 1.16. The van der Waals surface area contributed by atoms with Crippen molar-refractivity contribution in [3.05, 3.63) is 11.4 Å². The van der Waals surface area contributed by atoms with Crippen molar-refractivity contribution >= 4 is 0 Å². The third-order valence-corrected chi connectivity index (χ3v) is 2.90. The largest absolute Gasteiger partial charge is 0.486 e. The molecule has 104 valence electrons. The monoisotopic (exact) mass is 255 g/mol. The van der Waals surface area contributed by atoms with Gasteiger partial charge in [-0.1, -0.05) is 0 Å². The standard InChI is InChI=1S/C13H25N3O2/c1-10(9-14-7-6-8-17-5)18-13-11(2)15-16(4)12(13)3/h10,14H,6-9H2,1-5H3. The number of ether oxygens (including phenoxy) is 2. The highest BCUT2D eigenvalue weighted by molar-refractivity contribution is 5.31. The number of hydrogen-bond acceptors (Lipinski definition) is 4. The molecule has 18 heavy (non-hydrogen) atoms. The highest BCUT2D eigenvalue weighted by Crippen LogP contribution is 2.22. The molecule has 1 aromatic heterocycles. The number of nitrogens with one attached hydrogen (secondary N) is 1. The molecule has 0 aliphatic rings. The number of aryl methyl sites for hydroxylation is 2. The molecule has 1 unspecified atom stereocenters. The average Bonchev–Trinajstić information content (AvgIpc) is 2.56. The van der Waals surface area contributed by atoms with Gasteiger partial charge in [-0.05, 0) is 33.7 Å². The van der Waals surface area contributed by atoms with Gasteiger partial charge in [-0.15, -0.1) is 0 Å². The average molecular weight is 255 g/mol. The number of aromatic nitrogens is 2. The van der Waals surface area contributed by atoms with Crippen LogP contribution in [0.25, 0.3) is 0 Å². The Morgan fingerprint density at radius 2 is 2.11 bits per heavy atom. The summed E-state index contributed by atoms with van der Waals surface area (Å²) in [5, 5.41) is 7.69. The van der Waals surface area contributed by atoms with Crippen molar-refractivity contribution in [2.75, 3.05) is 26.8 Å². The van der Waals surface area contributed by atoms with Crippen LogP contribution in [0.4, 0.5) is 0 Å². The van der Waals surface area contributed by atoms with Crippen LogP contribution in [0.2, 0.25) is 0 Å². The van der Waals surface area contributed by atoms with E-state index in [0.29, 0.717) is 0 Å². The van der Waals surface area contributed by atoms with E-state index in [4.69, 9.17) is 9.47 Å². The quantitative estimate of drug-likeness (QED) is 0.714. The van der Waals surface area contributed by atoms with Gasteiger partial charge in [0.05, 0.1) is 5.69 Å². The van der Waals surface area contributed by atoms with Gasteiger partial charge in [0.15, 0.2) is 5.75 Å². The van der Waals surface area contributed by atoms with Gasteiger partial charge in [0, 0.05) is 27.3 Å². The van der Waals surface area contributed by atoms with Crippen molar-refractivity contribution in [1.82, 2.24) is 15.1 Å². The van der Waals surface area contributed by atoms with Crippen molar-refractivity contribution in [2.24, 2.45) is 7.05 Å². The second-order valence-electron chi connectivity index (χ2n) is 4.60. The first-order chi connectivity index (χ1) is 8.56. The van der Waals surface area contributed by atoms with Crippen molar-refractivity contribution in [3.63, 3.8) is 0 Å². The molecule has 0 saturated carbocycles. The van der Waals surface area contributed by atoms with E-state index >= 15 is 0 Å². The second kappa shape index (κ2) is 7.38. The van der Waals surface area contributed by atoms with E-state index in [1.807, 2.05) is 25.6 Å². The molecular weight excluding hydrogens is 230 g/mol. The summed E-state index contributed by atoms with van der Waals surface area (Å²) in [5.41, 5.74) is 2.01. The summed E-state index contributed by atoms with van der Waals surface area (Å²) in [6, 6.07) is 0. The lowest BCUT2D eigenvalue weighted by atomic mass is 10.3. The zero-order valence-corrected chi connectivity index (χ0v) is 12.1. The fraction of sp³-hybridized carbons (Fsp3) is 0.769. The Kier molecular flexibility index (Phi) is 6.15. The molecule has 0 aromatic carbocycles. The summed E-state index contributed by atoms with van der Waals surface area (Å²) in [5.74, 6) is 0.906. The van der Waals surface area contributed by atoms with Crippen LogP contribution in [0.3, 0.4) is 0 Å². The number of hydrogen-bond donors (Lipinski definition) is 1. The Labute approximate surface area is 109 Å². The molecule has 0 aliphatic carbocycles. The highest BCUT2D eigenvalue weighted by Gasteiger charge is 2.13. The lowest BCUT2D eigenvalue weighted by Gasteiger charge is -2.15. The van der Waals surface area contributed by atoms with Crippen LogP contribution in [-0.2, 0) is 11.8 Å². The molecule has 1 rings (SSSR count). The Bertz CT molecular complexity index is 363. The van der Waals surface area contributed by atoms with Gasteiger partial charge in [-0.2, -0.15) is 5.10 Å². The molecule has 0 fully saturated rings. The van der Waals surface area contributed by atoms with Crippen LogP contribution in [0.15, 0.2) is 0 Å². The zero-order chi connectivity index (χ0) is 13.5. The van der Waals surface area contributed by atoms with E-state index < -0.39 is 0 Å². The molecule has 0 saturated heterocycles. The van der Waals surface area contributed by atoms with Gasteiger partial charge in [0.1, 0.15) is 11.8 Å². The predicted molar refractivity (Wildman–Crippen MR) is 72.1 cm³/mol. The first-order valence-corrected chi connectivity index (χ1v) is 6.42. The minimum absolute atomic E-state index is 0.133. The van der Waals surface area contributed by atoms with E-state index in [9.17, 15) is 0 Å². The van der Waals surface area contributed by atoms with E-state index in [-0.39, 0.29) is 6.10 Å². The first-order valence-electron chi connectivity index (χ1n) is 6.42. The molecule has 0 radical (unpaired) electrons. The minimum Gasteiger partial charge on any atom is -0.486 e. The van der Waals surface area contributed by atoms with Crippen LogP contribution in [0, 0.1) is 13.8 Å². The van der Waals surface area contributed by atoms with Crippen LogP contribution < -0.4 is 10.1 Å². The molecule has 1 heterocycles. The second-order valence-corrected chi connectivity index (χ2v) is 4.60. The van der Waals surface area contributed by atoms with Gasteiger partial charge < -0.3 is 14.8 Å². The van der Waals surface area contributed by atoms with E-state index in [0.717, 1.165) is 43.3 Å². The fourth-order valence-electron chi connectivity index (χ4n) is 1.81. The maximum Gasteiger partial charge on any atom is 0.163 e. The molecule has 0 bridgehead atoms. The van der Waals surface area contributed by atoms with Gasteiger partial charge in [-0.25, -0.2) is 0 Å². The molecule has 1 N–H and O–H groups in total. The van der Waals surface area contributed by atoms with Crippen molar-refractivity contribution in [3.8, 4) is 5.75 Å². The maximum absolute atomic E-state index is 5.93. The first kappa shape index (κ1) is 15.0. The van der Waals surface area contributed by atoms with Crippen LogP contribution in [0.5, 0.6) is 5.75 Å². The van der Waals surface area contributed by atoms with Crippen molar-refractivity contribution in [2.45, 2.75) is 33.3 Å². The van der Waals surface area contributed by atoms with Gasteiger partial charge >= 0.3 is 0 Å². The molecule has 1 atom stereocenters. The molecule has 5 nitrogen and oxygen atoms in total. The van der Waals surface area contributed by atoms with Crippen molar-refractivity contribution in [1.29, 1.82) is 0 Å². The Morgan fingerprint density at radius 1 is 1.39 bits per heavy atom. The Hall–Kier alpha value is -1.07. The fourth-order valence-corrected chi connectivity index (χ4v) is 1.81. The van der Waals surface area contributed by atoms with Crippen LogP contribution >= 0.6 is 0 Å². The molecule has 0 amide bonds. The van der Waals surface area contributed by atoms with Gasteiger partial charge in [0.2, 0.25) is 0 Å². The third-order valence-electron chi connectivity index (χ3n) is 2.90. The summed E-state index contributed by atoms with van der Waals surface area (Å²) in [4.78, 5) is 0. The Morgan fingerprint density at radius 3 is 2.67 bits per heavy atom. The maximum atomic E-state index is 5.93. The van der Waals surface area contributed by atoms with E-state index in [1.165, 1.54) is 0 Å². The number of nitrogens with zero attached hydrogens (tertiary/aromatic N) is 2. The molecule has 0 aliphatic heterocycles. The van der Waals surface area contributed by atoms with Crippen LogP contribution in [-0.4, -0.2) is 42.7 Å². The van der Waals surface area contributed by atoms with E-state index in [2.05, 4.69) is 17.3 Å². The summed E-state index contributed by atoms with van der Waals surface area (Å²) in [6.45, 7) is 8.64. The van der Waals surface area contributed by atoms with Crippen LogP contribution in [0.1, 0.15) is 24.7 Å². The van der Waals surface area contributed by atoms with Gasteiger partial charge in [-0.3, -0.25) is 4.68 Å². The SMILES string of the molecule is COCCCNCC(C)Oc1c(C)nn(C)c1C.